The van der Waals surface area contributed by atoms with E-state index in [0.29, 0.717) is 4.68 Å². The average molecular weight is 373 g/mol. The van der Waals surface area contributed by atoms with E-state index in [0.717, 1.165) is 30.5 Å². The molecule has 0 spiro atoms. The van der Waals surface area contributed by atoms with Crippen LogP contribution in [0.4, 0.5) is 22.0 Å². The number of pyridine rings is 1. The van der Waals surface area contributed by atoms with Gasteiger partial charge in [0.25, 0.3) is 17.3 Å². The maximum atomic E-state index is 13.0. The summed E-state index contributed by atoms with van der Waals surface area (Å²) in [7, 11) is 0. The van der Waals surface area contributed by atoms with Gasteiger partial charge in [0, 0.05) is 12.3 Å². The number of rotatable bonds is 4. The predicted molar refractivity (Wildman–Crippen MR) is 75.1 cm³/mol. The Morgan fingerprint density at radius 1 is 1.15 bits per heavy atom. The van der Waals surface area contributed by atoms with Gasteiger partial charge in [0.1, 0.15) is 5.69 Å². The molecular formula is C14H8F5N5O2. The van der Waals surface area contributed by atoms with Gasteiger partial charge in [-0.25, -0.2) is 4.68 Å². The van der Waals surface area contributed by atoms with Crippen LogP contribution in [0.1, 0.15) is 23.6 Å². The first-order valence-electron chi connectivity index (χ1n) is 6.97. The van der Waals surface area contributed by atoms with Crippen molar-refractivity contribution in [3.05, 3.63) is 58.0 Å². The summed E-state index contributed by atoms with van der Waals surface area (Å²) in [6, 6.07) is 4.06. The molecule has 136 valence electrons. The SMILES string of the molecule is O=c1ccc(-c2nnc(C(F)F)o2)nn1Cc1ncccc1C(F)(F)F. The highest BCUT2D eigenvalue weighted by atomic mass is 19.4. The maximum Gasteiger partial charge on any atom is 0.418 e. The minimum absolute atomic E-state index is 0.145. The molecule has 0 saturated carbocycles. The van der Waals surface area contributed by atoms with Crippen LogP contribution in [0.15, 0.2) is 39.7 Å². The highest BCUT2D eigenvalue weighted by molar-refractivity contribution is 5.44. The second-order valence-electron chi connectivity index (χ2n) is 4.96. The van der Waals surface area contributed by atoms with Crippen LogP contribution in [0.2, 0.25) is 0 Å². The van der Waals surface area contributed by atoms with Crippen molar-refractivity contribution >= 4 is 0 Å². The maximum absolute atomic E-state index is 13.0. The monoisotopic (exact) mass is 373 g/mol. The number of halogens is 5. The minimum Gasteiger partial charge on any atom is -0.413 e. The quantitative estimate of drug-likeness (QED) is 0.654. The summed E-state index contributed by atoms with van der Waals surface area (Å²) in [5, 5.41) is 10.3. The summed E-state index contributed by atoms with van der Waals surface area (Å²) in [5.74, 6) is -1.34. The van der Waals surface area contributed by atoms with Crippen LogP contribution in [0.25, 0.3) is 11.6 Å². The van der Waals surface area contributed by atoms with Gasteiger partial charge in [-0.05, 0) is 18.2 Å². The molecule has 3 rings (SSSR count). The van der Waals surface area contributed by atoms with Gasteiger partial charge in [-0.3, -0.25) is 9.78 Å². The van der Waals surface area contributed by atoms with Gasteiger partial charge >= 0.3 is 12.6 Å². The van der Waals surface area contributed by atoms with Crippen molar-refractivity contribution in [2.45, 2.75) is 19.1 Å². The Bertz CT molecular complexity index is 982. The Balaban J connectivity index is 1.98. The van der Waals surface area contributed by atoms with E-state index >= 15 is 0 Å². The van der Waals surface area contributed by atoms with Crippen molar-refractivity contribution in [2.75, 3.05) is 0 Å². The summed E-state index contributed by atoms with van der Waals surface area (Å²) >= 11 is 0. The molecule has 3 aromatic heterocycles. The van der Waals surface area contributed by atoms with E-state index < -0.39 is 47.7 Å². The van der Waals surface area contributed by atoms with Crippen molar-refractivity contribution in [3.63, 3.8) is 0 Å². The Morgan fingerprint density at radius 2 is 1.92 bits per heavy atom. The molecule has 0 amide bonds. The Kier molecular flexibility index (Phi) is 4.49. The number of aromatic nitrogens is 5. The zero-order valence-electron chi connectivity index (χ0n) is 12.6. The van der Waals surface area contributed by atoms with E-state index in [1.807, 2.05) is 0 Å². The standard InChI is InChI=1S/C14H8F5N5O2/c15-11(16)13-22-21-12(26-13)8-3-4-10(25)24(23-8)6-9-7(14(17,18)19)2-1-5-20-9/h1-5,11H,6H2. The first kappa shape index (κ1) is 17.6. The molecule has 0 fully saturated rings. The number of alkyl halides is 5. The lowest BCUT2D eigenvalue weighted by Gasteiger charge is -2.12. The molecule has 0 aromatic carbocycles. The van der Waals surface area contributed by atoms with Crippen molar-refractivity contribution in [1.82, 2.24) is 25.0 Å². The highest BCUT2D eigenvalue weighted by Gasteiger charge is 2.34. The molecule has 0 aliphatic heterocycles. The van der Waals surface area contributed by atoms with Crippen LogP contribution in [0.3, 0.4) is 0 Å². The molecule has 3 heterocycles. The summed E-state index contributed by atoms with van der Waals surface area (Å²) < 4.78 is 69.5. The van der Waals surface area contributed by atoms with Crippen LogP contribution in [0, 0.1) is 0 Å². The second kappa shape index (κ2) is 6.61. The second-order valence-corrected chi connectivity index (χ2v) is 4.96. The Morgan fingerprint density at radius 3 is 2.58 bits per heavy atom. The first-order chi connectivity index (χ1) is 12.3. The lowest BCUT2D eigenvalue weighted by atomic mass is 10.2. The van der Waals surface area contributed by atoms with Crippen LogP contribution in [-0.4, -0.2) is 25.0 Å². The van der Waals surface area contributed by atoms with E-state index in [2.05, 4.69) is 20.3 Å². The summed E-state index contributed by atoms with van der Waals surface area (Å²) in [4.78, 5) is 15.5. The largest absolute Gasteiger partial charge is 0.418 e. The van der Waals surface area contributed by atoms with E-state index in [-0.39, 0.29) is 5.69 Å². The molecule has 12 heteroatoms. The van der Waals surface area contributed by atoms with Crippen molar-refractivity contribution in [2.24, 2.45) is 0 Å². The van der Waals surface area contributed by atoms with E-state index in [1.54, 1.807) is 0 Å². The van der Waals surface area contributed by atoms with Gasteiger partial charge in [0.15, 0.2) is 0 Å². The Hall–Kier alpha value is -3.18. The van der Waals surface area contributed by atoms with E-state index in [4.69, 9.17) is 4.42 Å². The molecule has 0 atom stereocenters. The fraction of sp³-hybridized carbons (Fsp3) is 0.214. The molecule has 0 radical (unpaired) electrons. The highest BCUT2D eigenvalue weighted by Crippen LogP contribution is 2.31. The molecule has 3 aromatic rings. The molecule has 7 nitrogen and oxygen atoms in total. The zero-order chi connectivity index (χ0) is 18.9. The number of nitrogens with zero attached hydrogens (tertiary/aromatic N) is 5. The van der Waals surface area contributed by atoms with E-state index in [1.165, 1.54) is 0 Å². The third kappa shape index (κ3) is 3.58. The van der Waals surface area contributed by atoms with Crippen molar-refractivity contribution < 1.29 is 26.4 Å². The van der Waals surface area contributed by atoms with Gasteiger partial charge < -0.3 is 4.42 Å². The molecular weight excluding hydrogens is 365 g/mol. The van der Waals surface area contributed by atoms with Crippen molar-refractivity contribution in [1.29, 1.82) is 0 Å². The number of hydrogen-bond acceptors (Lipinski definition) is 6. The van der Waals surface area contributed by atoms with Gasteiger partial charge in [0.05, 0.1) is 17.8 Å². The first-order valence-corrected chi connectivity index (χ1v) is 6.97. The number of hydrogen-bond donors (Lipinski definition) is 0. The summed E-state index contributed by atoms with van der Waals surface area (Å²) in [6.07, 6.45) is -6.51. The summed E-state index contributed by atoms with van der Waals surface area (Å²) in [6.45, 7) is -0.585. The molecule has 0 unspecified atom stereocenters. The molecule has 0 aliphatic rings. The van der Waals surface area contributed by atoms with Crippen LogP contribution < -0.4 is 5.56 Å². The van der Waals surface area contributed by atoms with Gasteiger partial charge in [-0.1, -0.05) is 0 Å². The lowest BCUT2D eigenvalue weighted by molar-refractivity contribution is -0.138. The van der Waals surface area contributed by atoms with Gasteiger partial charge in [0.2, 0.25) is 0 Å². The van der Waals surface area contributed by atoms with Crippen LogP contribution >= 0.6 is 0 Å². The fourth-order valence-electron chi connectivity index (χ4n) is 2.07. The molecule has 0 saturated heterocycles. The fourth-order valence-corrected chi connectivity index (χ4v) is 2.07. The van der Waals surface area contributed by atoms with Crippen molar-refractivity contribution in [3.8, 4) is 11.6 Å². The topological polar surface area (TPSA) is 86.7 Å². The van der Waals surface area contributed by atoms with Gasteiger partial charge in [-0.15, -0.1) is 10.2 Å². The van der Waals surface area contributed by atoms with Crippen LogP contribution in [-0.2, 0) is 12.7 Å². The predicted octanol–water partition coefficient (Wildman–Crippen LogP) is 2.69. The lowest BCUT2D eigenvalue weighted by Crippen LogP contribution is -2.25. The summed E-state index contributed by atoms with van der Waals surface area (Å²) in [5.41, 5.74) is -2.31. The molecule has 0 bridgehead atoms. The molecule has 26 heavy (non-hydrogen) atoms. The zero-order valence-corrected chi connectivity index (χ0v) is 12.6. The average Bonchev–Trinajstić information content (AvgIpc) is 3.07. The third-order valence-corrected chi connectivity index (χ3v) is 3.21. The minimum atomic E-state index is -4.66. The van der Waals surface area contributed by atoms with Gasteiger partial charge in [-0.2, -0.15) is 27.1 Å². The third-order valence-electron chi connectivity index (χ3n) is 3.21. The molecule has 0 N–H and O–H groups in total. The normalized spacial score (nSPS) is 11.9. The Labute approximate surface area is 141 Å². The van der Waals surface area contributed by atoms with Crippen LogP contribution in [0.5, 0.6) is 0 Å². The van der Waals surface area contributed by atoms with E-state index in [9.17, 15) is 26.7 Å². The molecule has 0 aliphatic carbocycles. The smallest absolute Gasteiger partial charge is 0.413 e.